The molecule has 1 aromatic carbocycles. The Morgan fingerprint density at radius 1 is 1.20 bits per heavy atom. The number of rotatable bonds is 2. The zero-order chi connectivity index (χ0) is 13.1. The third-order valence-corrected chi connectivity index (χ3v) is 4.35. The first-order valence-electron chi connectivity index (χ1n) is 7.43. The number of fused-ring (bicyclic) bond motifs is 1. The maximum Gasteiger partial charge on any atom is 0.224 e. The van der Waals surface area contributed by atoms with Gasteiger partial charge in [-0.2, -0.15) is 0 Å². The number of halogens is 1. The highest BCUT2D eigenvalue weighted by atomic mass is 35.5. The number of hydrogen-bond donors (Lipinski definition) is 2. The molecule has 1 aliphatic carbocycles. The van der Waals surface area contributed by atoms with E-state index in [1.165, 1.54) is 17.5 Å². The molecule has 1 unspecified atom stereocenters. The van der Waals surface area contributed by atoms with Crippen LogP contribution in [0.2, 0.25) is 0 Å². The van der Waals surface area contributed by atoms with Gasteiger partial charge < -0.3 is 10.6 Å². The number of carbonyl (C=O) groups excluding carboxylic acids is 1. The zero-order valence-electron chi connectivity index (χ0n) is 11.7. The average molecular weight is 295 g/mol. The Hall–Kier alpha value is -1.06. The van der Waals surface area contributed by atoms with Crippen LogP contribution in [0.1, 0.15) is 42.9 Å². The van der Waals surface area contributed by atoms with E-state index >= 15 is 0 Å². The van der Waals surface area contributed by atoms with E-state index < -0.39 is 0 Å². The molecule has 2 aliphatic rings. The second kappa shape index (κ2) is 7.09. The van der Waals surface area contributed by atoms with Gasteiger partial charge in [0.15, 0.2) is 0 Å². The summed E-state index contributed by atoms with van der Waals surface area (Å²) in [5, 5.41) is 6.58. The van der Waals surface area contributed by atoms with Crippen LogP contribution >= 0.6 is 12.4 Å². The van der Waals surface area contributed by atoms with Gasteiger partial charge in [0, 0.05) is 6.54 Å². The Morgan fingerprint density at radius 3 is 2.85 bits per heavy atom. The van der Waals surface area contributed by atoms with Crippen molar-refractivity contribution < 1.29 is 4.79 Å². The maximum absolute atomic E-state index is 12.3. The molecule has 3 nitrogen and oxygen atoms in total. The number of aryl methyl sites for hydroxylation is 1. The SMILES string of the molecule is Cl.O=C(NC1CCCc2ccccc21)[C@@H]1CCCNC1. The summed E-state index contributed by atoms with van der Waals surface area (Å²) in [5.74, 6) is 0.386. The van der Waals surface area contributed by atoms with Crippen LogP contribution in [0, 0.1) is 5.92 Å². The molecule has 3 rings (SSSR count). The molecule has 1 fully saturated rings. The summed E-state index contributed by atoms with van der Waals surface area (Å²) in [6.45, 7) is 1.89. The van der Waals surface area contributed by atoms with Gasteiger partial charge in [-0.3, -0.25) is 4.79 Å². The van der Waals surface area contributed by atoms with Gasteiger partial charge in [0.25, 0.3) is 0 Å². The van der Waals surface area contributed by atoms with Gasteiger partial charge in [0.1, 0.15) is 0 Å². The van der Waals surface area contributed by atoms with Crippen LogP contribution in [-0.4, -0.2) is 19.0 Å². The van der Waals surface area contributed by atoms with Crippen molar-refractivity contribution >= 4 is 18.3 Å². The maximum atomic E-state index is 12.3. The third-order valence-electron chi connectivity index (χ3n) is 4.35. The number of nitrogens with one attached hydrogen (secondary N) is 2. The molecule has 20 heavy (non-hydrogen) atoms. The predicted molar refractivity (Wildman–Crippen MR) is 83.1 cm³/mol. The summed E-state index contributed by atoms with van der Waals surface area (Å²) in [6.07, 6.45) is 5.52. The van der Waals surface area contributed by atoms with E-state index in [0.29, 0.717) is 0 Å². The lowest BCUT2D eigenvalue weighted by Gasteiger charge is -2.29. The molecule has 1 aromatic rings. The summed E-state index contributed by atoms with van der Waals surface area (Å²) in [6, 6.07) is 8.74. The normalized spacial score (nSPS) is 25.2. The summed E-state index contributed by atoms with van der Waals surface area (Å²) >= 11 is 0. The Labute approximate surface area is 126 Å². The van der Waals surface area contributed by atoms with Crippen LogP contribution in [0.4, 0.5) is 0 Å². The monoisotopic (exact) mass is 294 g/mol. The van der Waals surface area contributed by atoms with Crippen molar-refractivity contribution in [1.29, 1.82) is 0 Å². The van der Waals surface area contributed by atoms with Crippen molar-refractivity contribution in [2.45, 2.75) is 38.1 Å². The lowest BCUT2D eigenvalue weighted by atomic mass is 9.87. The van der Waals surface area contributed by atoms with Gasteiger partial charge in [0.05, 0.1) is 12.0 Å². The summed E-state index contributed by atoms with van der Waals surface area (Å²) in [7, 11) is 0. The van der Waals surface area contributed by atoms with Gasteiger partial charge in [-0.05, 0) is 49.8 Å². The fourth-order valence-electron chi connectivity index (χ4n) is 3.27. The summed E-state index contributed by atoms with van der Waals surface area (Å²) in [5.41, 5.74) is 2.73. The molecule has 1 amide bonds. The largest absolute Gasteiger partial charge is 0.349 e. The first kappa shape index (κ1) is 15.3. The van der Waals surface area contributed by atoms with Crippen molar-refractivity contribution in [3.8, 4) is 0 Å². The fraction of sp³-hybridized carbons (Fsp3) is 0.562. The molecular weight excluding hydrogens is 272 g/mol. The minimum Gasteiger partial charge on any atom is -0.349 e. The molecule has 4 heteroatoms. The van der Waals surface area contributed by atoms with Crippen molar-refractivity contribution in [3.63, 3.8) is 0 Å². The number of benzene rings is 1. The molecule has 0 spiro atoms. The quantitative estimate of drug-likeness (QED) is 0.880. The average Bonchev–Trinajstić information content (AvgIpc) is 2.48. The number of piperidine rings is 1. The van der Waals surface area contributed by atoms with Crippen LogP contribution in [0.15, 0.2) is 24.3 Å². The number of carbonyl (C=O) groups is 1. The third kappa shape index (κ3) is 3.33. The highest BCUT2D eigenvalue weighted by Gasteiger charge is 2.26. The number of hydrogen-bond acceptors (Lipinski definition) is 2. The minimum absolute atomic E-state index is 0. The first-order valence-corrected chi connectivity index (χ1v) is 7.43. The summed E-state index contributed by atoms with van der Waals surface area (Å²) in [4.78, 5) is 12.3. The molecule has 0 bridgehead atoms. The van der Waals surface area contributed by atoms with Gasteiger partial charge in [0.2, 0.25) is 5.91 Å². The topological polar surface area (TPSA) is 41.1 Å². The van der Waals surface area contributed by atoms with Gasteiger partial charge in [-0.15, -0.1) is 12.4 Å². The van der Waals surface area contributed by atoms with Crippen LogP contribution in [0.3, 0.4) is 0 Å². The van der Waals surface area contributed by atoms with E-state index in [-0.39, 0.29) is 30.3 Å². The van der Waals surface area contributed by atoms with Gasteiger partial charge in [-0.1, -0.05) is 24.3 Å². The predicted octanol–water partition coefficient (Wildman–Crippen LogP) is 2.60. The minimum atomic E-state index is 0. The highest BCUT2D eigenvalue weighted by molar-refractivity contribution is 5.85. The molecule has 0 radical (unpaired) electrons. The van der Waals surface area contributed by atoms with E-state index in [1.807, 2.05) is 0 Å². The summed E-state index contributed by atoms with van der Waals surface area (Å²) < 4.78 is 0. The van der Waals surface area contributed by atoms with Gasteiger partial charge in [-0.25, -0.2) is 0 Å². The first-order chi connectivity index (χ1) is 9.34. The Balaban J connectivity index is 0.00000147. The van der Waals surface area contributed by atoms with E-state index in [0.717, 1.165) is 38.8 Å². The molecule has 1 heterocycles. The second-order valence-corrected chi connectivity index (χ2v) is 5.70. The van der Waals surface area contributed by atoms with Crippen LogP contribution in [0.25, 0.3) is 0 Å². The number of amides is 1. The van der Waals surface area contributed by atoms with E-state index in [2.05, 4.69) is 34.9 Å². The molecule has 2 N–H and O–H groups in total. The van der Waals surface area contributed by atoms with Gasteiger partial charge >= 0.3 is 0 Å². The lowest BCUT2D eigenvalue weighted by Crippen LogP contribution is -2.42. The highest BCUT2D eigenvalue weighted by Crippen LogP contribution is 2.29. The molecule has 110 valence electrons. The van der Waals surface area contributed by atoms with Crippen LogP contribution in [-0.2, 0) is 11.2 Å². The molecule has 0 saturated carbocycles. The van der Waals surface area contributed by atoms with E-state index in [4.69, 9.17) is 0 Å². The second-order valence-electron chi connectivity index (χ2n) is 5.70. The molecule has 0 aromatic heterocycles. The standard InChI is InChI=1S/C16H22N2O.ClH/c19-16(13-7-4-10-17-11-13)18-15-9-3-6-12-5-1-2-8-14(12)15;/h1-2,5,8,13,15,17H,3-4,6-7,9-11H2,(H,18,19);1H/t13-,15?;/m1./s1. The molecule has 2 atom stereocenters. The molecular formula is C16H23ClN2O. The Morgan fingerprint density at radius 2 is 2.05 bits per heavy atom. The van der Waals surface area contributed by atoms with Crippen LogP contribution < -0.4 is 10.6 Å². The van der Waals surface area contributed by atoms with Crippen molar-refractivity contribution in [2.24, 2.45) is 5.92 Å². The Bertz CT molecular complexity index is 458. The Kier molecular flexibility index (Phi) is 5.44. The molecule has 1 aliphatic heterocycles. The lowest BCUT2D eigenvalue weighted by molar-refractivity contribution is -0.126. The van der Waals surface area contributed by atoms with Crippen molar-refractivity contribution in [1.82, 2.24) is 10.6 Å². The zero-order valence-corrected chi connectivity index (χ0v) is 12.5. The molecule has 1 saturated heterocycles. The van der Waals surface area contributed by atoms with Crippen molar-refractivity contribution in [3.05, 3.63) is 35.4 Å². The van der Waals surface area contributed by atoms with E-state index in [1.54, 1.807) is 0 Å². The fourth-order valence-corrected chi connectivity index (χ4v) is 3.27. The van der Waals surface area contributed by atoms with E-state index in [9.17, 15) is 4.79 Å². The smallest absolute Gasteiger partial charge is 0.224 e. The van der Waals surface area contributed by atoms with Crippen LogP contribution in [0.5, 0.6) is 0 Å². The van der Waals surface area contributed by atoms with Crippen molar-refractivity contribution in [2.75, 3.05) is 13.1 Å².